The largest absolute Gasteiger partial charge is 0.356 e. The van der Waals surface area contributed by atoms with Crippen molar-refractivity contribution in [2.45, 2.75) is 39.3 Å². The standard InChI is InChI=1S/C18H29ClN4.HI/c1-14(2)22-18(20-3)21-12-15-8-10-23(11-9-15)13-16-6-4-5-7-17(16)19;/h4-7,14-15H,8-13H2,1-3H3,(H2,20,21,22);1H. The van der Waals surface area contributed by atoms with Gasteiger partial charge < -0.3 is 10.6 Å². The fraction of sp³-hybridized carbons (Fsp3) is 0.611. The highest BCUT2D eigenvalue weighted by Crippen LogP contribution is 2.21. The van der Waals surface area contributed by atoms with Gasteiger partial charge in [0.1, 0.15) is 0 Å². The number of halogens is 2. The second-order valence-corrected chi connectivity index (χ2v) is 6.97. The Labute approximate surface area is 168 Å². The molecule has 1 aromatic rings. The van der Waals surface area contributed by atoms with Gasteiger partial charge in [0.15, 0.2) is 5.96 Å². The lowest BCUT2D eigenvalue weighted by atomic mass is 9.96. The highest BCUT2D eigenvalue weighted by molar-refractivity contribution is 14.0. The maximum absolute atomic E-state index is 6.26. The van der Waals surface area contributed by atoms with Crippen molar-refractivity contribution in [2.75, 3.05) is 26.7 Å². The number of benzene rings is 1. The SMILES string of the molecule is CN=C(NCC1CCN(Cc2ccccc2Cl)CC1)NC(C)C.I. The van der Waals surface area contributed by atoms with Gasteiger partial charge >= 0.3 is 0 Å². The molecule has 24 heavy (non-hydrogen) atoms. The molecule has 0 saturated carbocycles. The van der Waals surface area contributed by atoms with Crippen molar-refractivity contribution in [3.05, 3.63) is 34.9 Å². The van der Waals surface area contributed by atoms with Crippen LogP contribution in [-0.4, -0.2) is 43.6 Å². The first-order chi connectivity index (χ1) is 11.1. The van der Waals surface area contributed by atoms with Gasteiger partial charge in [-0.1, -0.05) is 29.8 Å². The van der Waals surface area contributed by atoms with Crippen LogP contribution in [0.25, 0.3) is 0 Å². The first kappa shape index (κ1) is 21.5. The number of aliphatic imine (C=N–C) groups is 1. The van der Waals surface area contributed by atoms with E-state index in [1.165, 1.54) is 18.4 Å². The van der Waals surface area contributed by atoms with E-state index in [-0.39, 0.29) is 24.0 Å². The molecule has 1 aliphatic rings. The number of nitrogens with one attached hydrogen (secondary N) is 2. The molecule has 1 aliphatic heterocycles. The van der Waals surface area contributed by atoms with Gasteiger partial charge in [-0.3, -0.25) is 9.89 Å². The molecule has 136 valence electrons. The van der Waals surface area contributed by atoms with Gasteiger partial charge in [-0.05, 0) is 57.3 Å². The van der Waals surface area contributed by atoms with E-state index in [2.05, 4.69) is 46.5 Å². The van der Waals surface area contributed by atoms with Crippen LogP contribution in [0.15, 0.2) is 29.3 Å². The molecule has 0 radical (unpaired) electrons. The summed E-state index contributed by atoms with van der Waals surface area (Å²) in [5.74, 6) is 1.61. The van der Waals surface area contributed by atoms with E-state index >= 15 is 0 Å². The number of hydrogen-bond acceptors (Lipinski definition) is 2. The number of guanidine groups is 1. The van der Waals surface area contributed by atoms with E-state index in [0.717, 1.165) is 37.2 Å². The first-order valence-electron chi connectivity index (χ1n) is 8.51. The molecule has 2 N–H and O–H groups in total. The van der Waals surface area contributed by atoms with Gasteiger partial charge in [0.25, 0.3) is 0 Å². The van der Waals surface area contributed by atoms with Gasteiger partial charge in [0, 0.05) is 31.2 Å². The van der Waals surface area contributed by atoms with Gasteiger partial charge in [0.2, 0.25) is 0 Å². The summed E-state index contributed by atoms with van der Waals surface area (Å²) in [6.07, 6.45) is 2.44. The molecule has 1 heterocycles. The smallest absolute Gasteiger partial charge is 0.191 e. The Morgan fingerprint density at radius 3 is 2.54 bits per heavy atom. The molecule has 0 aromatic heterocycles. The summed E-state index contributed by atoms with van der Waals surface area (Å²) in [5.41, 5.74) is 1.23. The summed E-state index contributed by atoms with van der Waals surface area (Å²) in [5, 5.41) is 7.65. The van der Waals surface area contributed by atoms with E-state index in [9.17, 15) is 0 Å². The minimum Gasteiger partial charge on any atom is -0.356 e. The molecule has 0 aliphatic carbocycles. The minimum absolute atomic E-state index is 0. The maximum atomic E-state index is 6.26. The van der Waals surface area contributed by atoms with Crippen molar-refractivity contribution in [2.24, 2.45) is 10.9 Å². The Bertz CT molecular complexity index is 513. The van der Waals surface area contributed by atoms with Crippen molar-refractivity contribution in [3.63, 3.8) is 0 Å². The van der Waals surface area contributed by atoms with Crippen LogP contribution in [0.1, 0.15) is 32.3 Å². The lowest BCUT2D eigenvalue weighted by molar-refractivity contribution is 0.178. The third-order valence-corrected chi connectivity index (χ3v) is 4.63. The molecule has 0 atom stereocenters. The average Bonchev–Trinajstić information content (AvgIpc) is 2.54. The maximum Gasteiger partial charge on any atom is 0.191 e. The lowest BCUT2D eigenvalue weighted by Gasteiger charge is -2.32. The normalized spacial score (nSPS) is 16.8. The monoisotopic (exact) mass is 464 g/mol. The first-order valence-corrected chi connectivity index (χ1v) is 8.89. The Morgan fingerprint density at radius 2 is 1.96 bits per heavy atom. The van der Waals surface area contributed by atoms with Crippen LogP contribution in [0.5, 0.6) is 0 Å². The highest BCUT2D eigenvalue weighted by Gasteiger charge is 2.20. The predicted octanol–water partition coefficient (Wildman–Crippen LogP) is 3.74. The zero-order valence-electron chi connectivity index (χ0n) is 14.9. The van der Waals surface area contributed by atoms with Crippen LogP contribution < -0.4 is 10.6 Å². The lowest BCUT2D eigenvalue weighted by Crippen LogP contribution is -2.44. The van der Waals surface area contributed by atoms with Gasteiger partial charge in [-0.25, -0.2) is 0 Å². The fourth-order valence-corrected chi connectivity index (χ4v) is 3.12. The minimum atomic E-state index is 0. The Hall–Kier alpha value is -0.530. The van der Waals surface area contributed by atoms with Crippen LogP contribution in [-0.2, 0) is 6.54 Å². The molecule has 1 fully saturated rings. The summed E-state index contributed by atoms with van der Waals surface area (Å²) in [6.45, 7) is 8.46. The molecule has 6 heteroatoms. The number of likely N-dealkylation sites (tertiary alicyclic amines) is 1. The van der Waals surface area contributed by atoms with Crippen molar-refractivity contribution in [1.29, 1.82) is 0 Å². The molecule has 0 unspecified atom stereocenters. The van der Waals surface area contributed by atoms with Crippen molar-refractivity contribution < 1.29 is 0 Å². The second kappa shape index (κ2) is 11.2. The van der Waals surface area contributed by atoms with Crippen molar-refractivity contribution in [3.8, 4) is 0 Å². The summed E-state index contributed by atoms with van der Waals surface area (Å²) in [4.78, 5) is 6.76. The third-order valence-electron chi connectivity index (χ3n) is 4.27. The summed E-state index contributed by atoms with van der Waals surface area (Å²) >= 11 is 6.26. The molecule has 1 saturated heterocycles. The highest BCUT2D eigenvalue weighted by atomic mass is 127. The molecular formula is C18H30ClIN4. The molecular weight excluding hydrogens is 435 g/mol. The van der Waals surface area contributed by atoms with Crippen molar-refractivity contribution in [1.82, 2.24) is 15.5 Å². The number of piperidine rings is 1. The zero-order chi connectivity index (χ0) is 16.7. The second-order valence-electron chi connectivity index (χ2n) is 6.56. The molecule has 2 rings (SSSR count). The Balaban J connectivity index is 0.00000288. The van der Waals surface area contributed by atoms with Gasteiger partial charge in [-0.2, -0.15) is 0 Å². The Morgan fingerprint density at radius 1 is 1.29 bits per heavy atom. The quantitative estimate of drug-likeness (QED) is 0.396. The van der Waals surface area contributed by atoms with E-state index in [0.29, 0.717) is 12.0 Å². The number of hydrogen-bond donors (Lipinski definition) is 2. The molecule has 0 spiro atoms. The predicted molar refractivity (Wildman–Crippen MR) is 115 cm³/mol. The van der Waals surface area contributed by atoms with Crippen molar-refractivity contribution >= 4 is 41.5 Å². The topological polar surface area (TPSA) is 39.7 Å². The fourth-order valence-electron chi connectivity index (χ4n) is 2.93. The molecule has 4 nitrogen and oxygen atoms in total. The molecule has 0 bridgehead atoms. The third kappa shape index (κ3) is 7.15. The van der Waals surface area contributed by atoms with Gasteiger partial charge in [-0.15, -0.1) is 24.0 Å². The van der Waals surface area contributed by atoms with E-state index in [4.69, 9.17) is 11.6 Å². The van der Waals surface area contributed by atoms with E-state index < -0.39 is 0 Å². The average molecular weight is 465 g/mol. The molecule has 1 aromatic carbocycles. The van der Waals surface area contributed by atoms with Gasteiger partial charge in [0.05, 0.1) is 0 Å². The summed E-state index contributed by atoms with van der Waals surface area (Å²) in [7, 11) is 1.82. The van der Waals surface area contributed by atoms with Crippen LogP contribution in [0.4, 0.5) is 0 Å². The zero-order valence-corrected chi connectivity index (χ0v) is 18.0. The van der Waals surface area contributed by atoms with E-state index in [1.54, 1.807) is 0 Å². The van der Waals surface area contributed by atoms with Crippen LogP contribution >= 0.6 is 35.6 Å². The Kier molecular flexibility index (Phi) is 10.0. The number of rotatable bonds is 5. The van der Waals surface area contributed by atoms with Crippen LogP contribution in [0, 0.1) is 5.92 Å². The van der Waals surface area contributed by atoms with E-state index in [1.807, 2.05) is 19.2 Å². The summed E-state index contributed by atoms with van der Waals surface area (Å²) in [6, 6.07) is 8.55. The molecule has 0 amide bonds. The van der Waals surface area contributed by atoms with Crippen LogP contribution in [0.2, 0.25) is 5.02 Å². The number of nitrogens with zero attached hydrogens (tertiary/aromatic N) is 2. The van der Waals surface area contributed by atoms with Crippen LogP contribution in [0.3, 0.4) is 0 Å². The summed E-state index contributed by atoms with van der Waals surface area (Å²) < 4.78 is 0.